The van der Waals surface area contributed by atoms with Gasteiger partial charge in [-0.15, -0.1) is 0 Å². The van der Waals surface area contributed by atoms with Crippen molar-refractivity contribution in [3.05, 3.63) is 52.5 Å². The lowest BCUT2D eigenvalue weighted by atomic mass is 10.1. The fourth-order valence-electron chi connectivity index (χ4n) is 1.98. The Bertz CT molecular complexity index is 533. The number of hydrogen-bond acceptors (Lipinski definition) is 4. The van der Waals surface area contributed by atoms with Crippen LogP contribution in [0.4, 0.5) is 4.39 Å². The maximum absolute atomic E-state index is 13.3. The van der Waals surface area contributed by atoms with Gasteiger partial charge in [-0.25, -0.2) is 4.39 Å². The van der Waals surface area contributed by atoms with E-state index in [0.717, 1.165) is 6.42 Å². The van der Waals surface area contributed by atoms with Crippen molar-refractivity contribution >= 4 is 11.3 Å². The summed E-state index contributed by atoms with van der Waals surface area (Å²) in [4.78, 5) is 0. The van der Waals surface area contributed by atoms with Gasteiger partial charge in [-0.2, -0.15) is 11.3 Å². The van der Waals surface area contributed by atoms with Gasteiger partial charge in [0.05, 0.1) is 0 Å². The number of para-hydroxylation sites is 1. The van der Waals surface area contributed by atoms with Gasteiger partial charge in [0.1, 0.15) is 12.7 Å². The quantitative estimate of drug-likeness (QED) is 0.788. The minimum Gasteiger partial charge on any atom is -0.488 e. The number of aliphatic hydroxyl groups is 1. The number of hydrogen-bond donors (Lipinski definition) is 2. The third-order valence-electron chi connectivity index (χ3n) is 3.09. The van der Waals surface area contributed by atoms with E-state index in [-0.39, 0.29) is 18.4 Å². The van der Waals surface area contributed by atoms with Gasteiger partial charge in [0.15, 0.2) is 11.6 Å². The van der Waals surface area contributed by atoms with E-state index in [1.807, 2.05) is 0 Å². The molecule has 114 valence electrons. The number of ether oxygens (including phenoxy) is 1. The first kappa shape index (κ1) is 15.9. The Morgan fingerprint density at radius 1 is 1.33 bits per heavy atom. The standard InChI is InChI=1S/C16H20FNO2S/c1-12(8-13-6-7-21-11-13)18-9-14(19)10-20-16-5-3-2-4-15(16)17/h2-7,11-12,14,18-19H,8-10H2,1H3. The van der Waals surface area contributed by atoms with E-state index in [4.69, 9.17) is 4.74 Å². The summed E-state index contributed by atoms with van der Waals surface area (Å²) in [6.45, 7) is 2.56. The summed E-state index contributed by atoms with van der Waals surface area (Å²) in [5.74, 6) is -0.244. The lowest BCUT2D eigenvalue weighted by Crippen LogP contribution is -2.37. The topological polar surface area (TPSA) is 41.5 Å². The number of benzene rings is 1. The normalized spacial score (nSPS) is 13.9. The molecular formula is C16H20FNO2S. The Balaban J connectivity index is 1.67. The summed E-state index contributed by atoms with van der Waals surface area (Å²) in [6, 6.07) is 8.55. The molecule has 2 rings (SSSR count). The fraction of sp³-hybridized carbons (Fsp3) is 0.375. The monoisotopic (exact) mass is 309 g/mol. The molecule has 2 atom stereocenters. The number of nitrogens with one attached hydrogen (secondary N) is 1. The van der Waals surface area contributed by atoms with Crippen LogP contribution in [0, 0.1) is 5.82 Å². The van der Waals surface area contributed by atoms with Crippen LogP contribution in [0.15, 0.2) is 41.1 Å². The van der Waals surface area contributed by atoms with Crippen LogP contribution < -0.4 is 10.1 Å². The van der Waals surface area contributed by atoms with Crippen LogP contribution in [-0.4, -0.2) is 30.4 Å². The molecule has 1 aromatic carbocycles. The second-order valence-electron chi connectivity index (χ2n) is 5.04. The van der Waals surface area contributed by atoms with Gasteiger partial charge in [-0.3, -0.25) is 0 Å². The van der Waals surface area contributed by atoms with Crippen molar-refractivity contribution in [3.63, 3.8) is 0 Å². The molecule has 1 aromatic heterocycles. The first-order chi connectivity index (χ1) is 10.1. The maximum Gasteiger partial charge on any atom is 0.165 e. The summed E-state index contributed by atoms with van der Waals surface area (Å²) in [6.07, 6.45) is 0.249. The van der Waals surface area contributed by atoms with Crippen molar-refractivity contribution in [1.82, 2.24) is 5.32 Å². The molecule has 1 heterocycles. The molecule has 3 nitrogen and oxygen atoms in total. The third kappa shape index (κ3) is 5.46. The minimum atomic E-state index is -0.672. The van der Waals surface area contributed by atoms with Crippen LogP contribution in [0.1, 0.15) is 12.5 Å². The van der Waals surface area contributed by atoms with Crippen molar-refractivity contribution < 1.29 is 14.2 Å². The zero-order valence-corrected chi connectivity index (χ0v) is 12.8. The second-order valence-corrected chi connectivity index (χ2v) is 5.82. The first-order valence-corrected chi connectivity index (χ1v) is 7.89. The molecule has 2 unspecified atom stereocenters. The molecule has 0 saturated heterocycles. The van der Waals surface area contributed by atoms with Crippen LogP contribution in [0.25, 0.3) is 0 Å². The van der Waals surface area contributed by atoms with E-state index in [1.54, 1.807) is 29.5 Å². The molecule has 0 radical (unpaired) electrons. The number of aliphatic hydroxyl groups excluding tert-OH is 1. The van der Waals surface area contributed by atoms with Gasteiger partial charge in [-0.1, -0.05) is 12.1 Å². The molecule has 0 aliphatic rings. The van der Waals surface area contributed by atoms with Gasteiger partial charge in [0.2, 0.25) is 0 Å². The van der Waals surface area contributed by atoms with E-state index in [0.29, 0.717) is 6.54 Å². The van der Waals surface area contributed by atoms with E-state index < -0.39 is 11.9 Å². The van der Waals surface area contributed by atoms with Crippen molar-refractivity contribution in [2.45, 2.75) is 25.5 Å². The van der Waals surface area contributed by atoms with E-state index in [9.17, 15) is 9.50 Å². The Morgan fingerprint density at radius 2 is 2.14 bits per heavy atom. The smallest absolute Gasteiger partial charge is 0.165 e. The molecule has 0 amide bonds. The highest BCUT2D eigenvalue weighted by atomic mass is 32.1. The van der Waals surface area contributed by atoms with Crippen molar-refractivity contribution in [3.8, 4) is 5.75 Å². The number of rotatable bonds is 8. The van der Waals surface area contributed by atoms with Crippen molar-refractivity contribution in [1.29, 1.82) is 0 Å². The van der Waals surface area contributed by atoms with Crippen LogP contribution in [0.3, 0.4) is 0 Å². The molecular weight excluding hydrogens is 289 g/mol. The van der Waals surface area contributed by atoms with Crippen molar-refractivity contribution in [2.75, 3.05) is 13.2 Å². The lowest BCUT2D eigenvalue weighted by molar-refractivity contribution is 0.102. The molecule has 0 fully saturated rings. The first-order valence-electron chi connectivity index (χ1n) is 6.95. The Morgan fingerprint density at radius 3 is 2.86 bits per heavy atom. The zero-order chi connectivity index (χ0) is 15.1. The summed E-state index contributed by atoms with van der Waals surface area (Å²) in [5, 5.41) is 17.3. The van der Waals surface area contributed by atoms with Crippen LogP contribution in [0.2, 0.25) is 0 Å². The number of thiophene rings is 1. The zero-order valence-electron chi connectivity index (χ0n) is 12.0. The number of halogens is 1. The van der Waals surface area contributed by atoms with E-state index >= 15 is 0 Å². The summed E-state index contributed by atoms with van der Waals surface area (Å²) < 4.78 is 18.6. The molecule has 0 aliphatic carbocycles. The molecule has 5 heteroatoms. The van der Waals surface area contributed by atoms with Crippen LogP contribution in [0.5, 0.6) is 5.75 Å². The molecule has 2 aromatic rings. The average Bonchev–Trinajstić information content (AvgIpc) is 2.97. The highest BCUT2D eigenvalue weighted by Crippen LogP contribution is 2.15. The van der Waals surface area contributed by atoms with Crippen LogP contribution >= 0.6 is 11.3 Å². The summed E-state index contributed by atoms with van der Waals surface area (Å²) in [5.41, 5.74) is 1.29. The SMILES string of the molecule is CC(Cc1ccsc1)NCC(O)COc1ccccc1F. The Hall–Kier alpha value is -1.43. The predicted octanol–water partition coefficient (Wildman–Crippen LogP) is 2.85. The highest BCUT2D eigenvalue weighted by Gasteiger charge is 2.10. The maximum atomic E-state index is 13.3. The predicted molar refractivity (Wildman–Crippen MR) is 83.4 cm³/mol. The van der Waals surface area contributed by atoms with E-state index in [2.05, 4.69) is 29.1 Å². The van der Waals surface area contributed by atoms with Gasteiger partial charge in [0.25, 0.3) is 0 Å². The van der Waals surface area contributed by atoms with Crippen molar-refractivity contribution in [2.24, 2.45) is 0 Å². The van der Waals surface area contributed by atoms with Crippen LogP contribution in [-0.2, 0) is 6.42 Å². The largest absolute Gasteiger partial charge is 0.488 e. The van der Waals surface area contributed by atoms with Gasteiger partial charge < -0.3 is 15.2 Å². The molecule has 0 bridgehead atoms. The molecule has 2 N–H and O–H groups in total. The summed E-state index contributed by atoms with van der Waals surface area (Å²) >= 11 is 1.68. The minimum absolute atomic E-state index is 0.0686. The van der Waals surface area contributed by atoms with Gasteiger partial charge in [0, 0.05) is 12.6 Å². The average molecular weight is 309 g/mol. The highest BCUT2D eigenvalue weighted by molar-refractivity contribution is 7.07. The molecule has 0 aliphatic heterocycles. The lowest BCUT2D eigenvalue weighted by Gasteiger charge is -2.17. The van der Waals surface area contributed by atoms with Gasteiger partial charge >= 0.3 is 0 Å². The van der Waals surface area contributed by atoms with E-state index in [1.165, 1.54) is 11.6 Å². The molecule has 0 saturated carbocycles. The Kier molecular flexibility index (Phi) is 6.17. The Labute approximate surface area is 128 Å². The second kappa shape index (κ2) is 8.12. The molecule has 21 heavy (non-hydrogen) atoms. The molecule has 0 spiro atoms. The third-order valence-corrected chi connectivity index (χ3v) is 3.82. The fourth-order valence-corrected chi connectivity index (χ4v) is 2.66. The summed E-state index contributed by atoms with van der Waals surface area (Å²) in [7, 11) is 0. The van der Waals surface area contributed by atoms with Gasteiger partial charge in [-0.05, 0) is 47.9 Å².